The number of aromatic nitrogens is 4. The van der Waals surface area contributed by atoms with Crippen LogP contribution in [0.2, 0.25) is 0 Å². The van der Waals surface area contributed by atoms with Crippen molar-refractivity contribution < 1.29 is 0 Å². The molecule has 0 radical (unpaired) electrons. The van der Waals surface area contributed by atoms with Gasteiger partial charge in [0.2, 0.25) is 5.95 Å². The highest BCUT2D eigenvalue weighted by atomic mass is 15.2. The molecular weight excluding hydrogens is 753 g/mol. The van der Waals surface area contributed by atoms with Crippen LogP contribution in [-0.2, 0) is 5.41 Å². The molecule has 1 aliphatic carbocycles. The fourth-order valence-corrected chi connectivity index (χ4v) is 9.75. The van der Waals surface area contributed by atoms with Gasteiger partial charge in [-0.1, -0.05) is 212 Å². The first-order chi connectivity index (χ1) is 30.7. The molecule has 2 heterocycles. The van der Waals surface area contributed by atoms with Crippen molar-refractivity contribution in [3.8, 4) is 62.1 Å². The van der Waals surface area contributed by atoms with Crippen LogP contribution < -0.4 is 0 Å². The number of rotatable bonds is 7. The largest absolute Gasteiger partial charge is 0.278 e. The second-order valence-corrected chi connectivity index (χ2v) is 16.0. The average molecular weight is 791 g/mol. The Balaban J connectivity index is 1.12. The van der Waals surface area contributed by atoms with E-state index in [1.165, 1.54) is 33.4 Å². The molecule has 0 atom stereocenters. The Morgan fingerprint density at radius 2 is 0.726 bits per heavy atom. The van der Waals surface area contributed by atoms with Crippen molar-refractivity contribution in [2.45, 2.75) is 5.41 Å². The molecule has 0 saturated heterocycles. The first-order valence-electron chi connectivity index (χ1n) is 21.1. The van der Waals surface area contributed by atoms with Gasteiger partial charge in [-0.05, 0) is 73.8 Å². The monoisotopic (exact) mass is 790 g/mol. The topological polar surface area (TPSA) is 43.6 Å². The van der Waals surface area contributed by atoms with E-state index in [1.54, 1.807) is 0 Å². The Bertz CT molecular complexity index is 3340. The first-order valence-corrected chi connectivity index (χ1v) is 21.1. The lowest BCUT2D eigenvalue weighted by Crippen LogP contribution is -2.28. The number of benzene rings is 9. The summed E-state index contributed by atoms with van der Waals surface area (Å²) >= 11 is 0. The summed E-state index contributed by atoms with van der Waals surface area (Å²) in [4.78, 5) is 15.6. The van der Waals surface area contributed by atoms with Crippen LogP contribution in [0.5, 0.6) is 0 Å². The van der Waals surface area contributed by atoms with Crippen LogP contribution in [0.4, 0.5) is 0 Å². The summed E-state index contributed by atoms with van der Waals surface area (Å²) in [5.41, 5.74) is 15.5. The predicted molar refractivity (Wildman–Crippen MR) is 253 cm³/mol. The summed E-state index contributed by atoms with van der Waals surface area (Å²) in [6.07, 6.45) is 0. The van der Waals surface area contributed by atoms with Crippen LogP contribution in [-0.4, -0.2) is 19.5 Å². The van der Waals surface area contributed by atoms with Crippen molar-refractivity contribution in [3.63, 3.8) is 0 Å². The van der Waals surface area contributed by atoms with Gasteiger partial charge in [0.15, 0.2) is 11.6 Å². The molecule has 0 bridgehead atoms. The third-order valence-electron chi connectivity index (χ3n) is 12.6. The molecule has 290 valence electrons. The standard InChI is InChI=1S/C58H38N4/c1-6-18-39(19-7-1)43-31-34-49-50-35-32-44(38-54(50)62(53(49)37-43)57-60-55(40-20-8-2-9-21-40)59-56(61-57)41-22-10-3-11-23-41)42-30-33-48-47-28-16-17-29-51(47)58(52(48)36-42,45-24-12-4-13-25-45)46-26-14-5-15-27-46/h1-38H. The van der Waals surface area contributed by atoms with Gasteiger partial charge in [0.1, 0.15) is 0 Å². The predicted octanol–water partition coefficient (Wildman–Crippen LogP) is 14.0. The smallest absolute Gasteiger partial charge is 0.238 e. The van der Waals surface area contributed by atoms with Crippen LogP contribution in [0, 0.1) is 0 Å². The summed E-state index contributed by atoms with van der Waals surface area (Å²) in [6, 6.07) is 82.5. The van der Waals surface area contributed by atoms with Crippen LogP contribution in [0.1, 0.15) is 22.3 Å². The summed E-state index contributed by atoms with van der Waals surface area (Å²) in [5.74, 6) is 1.81. The molecule has 2 aromatic heterocycles. The van der Waals surface area contributed by atoms with Crippen molar-refractivity contribution in [1.82, 2.24) is 19.5 Å². The van der Waals surface area contributed by atoms with E-state index in [0.717, 1.165) is 55.2 Å². The van der Waals surface area contributed by atoms with Crippen LogP contribution in [0.25, 0.3) is 83.9 Å². The van der Waals surface area contributed by atoms with E-state index >= 15 is 0 Å². The molecule has 0 aliphatic heterocycles. The molecule has 4 nitrogen and oxygen atoms in total. The fraction of sp³-hybridized carbons (Fsp3) is 0.0172. The van der Waals surface area contributed by atoms with Gasteiger partial charge in [-0.3, -0.25) is 4.57 Å². The Morgan fingerprint density at radius 3 is 1.27 bits per heavy atom. The lowest BCUT2D eigenvalue weighted by atomic mass is 9.67. The van der Waals surface area contributed by atoms with Crippen LogP contribution >= 0.6 is 0 Å². The van der Waals surface area contributed by atoms with Gasteiger partial charge < -0.3 is 0 Å². The third kappa shape index (κ3) is 5.65. The van der Waals surface area contributed by atoms with Crippen LogP contribution in [0.15, 0.2) is 231 Å². The third-order valence-corrected chi connectivity index (χ3v) is 12.6. The molecule has 4 heteroatoms. The molecule has 12 rings (SSSR count). The summed E-state index contributed by atoms with van der Waals surface area (Å²) in [6.45, 7) is 0. The Labute approximate surface area is 360 Å². The lowest BCUT2D eigenvalue weighted by molar-refractivity contribution is 0.769. The van der Waals surface area contributed by atoms with Gasteiger partial charge in [-0.15, -0.1) is 0 Å². The maximum atomic E-state index is 5.27. The molecule has 9 aromatic carbocycles. The molecule has 11 aromatic rings. The molecule has 0 fully saturated rings. The second-order valence-electron chi connectivity index (χ2n) is 16.0. The quantitative estimate of drug-likeness (QED) is 0.161. The highest BCUT2D eigenvalue weighted by molar-refractivity contribution is 6.11. The minimum Gasteiger partial charge on any atom is -0.278 e. The minimum atomic E-state index is -0.496. The number of fused-ring (bicyclic) bond motifs is 6. The molecule has 0 spiro atoms. The van der Waals surface area contributed by atoms with E-state index in [0.29, 0.717) is 17.6 Å². The van der Waals surface area contributed by atoms with Gasteiger partial charge in [-0.2, -0.15) is 9.97 Å². The van der Waals surface area contributed by atoms with Crippen molar-refractivity contribution in [2.24, 2.45) is 0 Å². The van der Waals surface area contributed by atoms with E-state index in [2.05, 4.69) is 199 Å². The van der Waals surface area contributed by atoms with Gasteiger partial charge >= 0.3 is 0 Å². The molecule has 0 saturated carbocycles. The fourth-order valence-electron chi connectivity index (χ4n) is 9.75. The zero-order valence-corrected chi connectivity index (χ0v) is 33.7. The zero-order chi connectivity index (χ0) is 41.0. The van der Waals surface area contributed by atoms with Crippen molar-refractivity contribution in [2.75, 3.05) is 0 Å². The maximum Gasteiger partial charge on any atom is 0.238 e. The normalized spacial score (nSPS) is 12.6. The van der Waals surface area contributed by atoms with Gasteiger partial charge in [0.05, 0.1) is 16.4 Å². The minimum absolute atomic E-state index is 0.496. The maximum absolute atomic E-state index is 5.27. The molecule has 0 N–H and O–H groups in total. The number of nitrogens with zero attached hydrogens (tertiary/aromatic N) is 4. The summed E-state index contributed by atoms with van der Waals surface area (Å²) in [5, 5.41) is 2.26. The Hall–Kier alpha value is -8.21. The van der Waals surface area contributed by atoms with Gasteiger partial charge in [0, 0.05) is 21.9 Å². The molecule has 0 amide bonds. The van der Waals surface area contributed by atoms with Crippen molar-refractivity contribution in [1.29, 1.82) is 0 Å². The van der Waals surface area contributed by atoms with Crippen molar-refractivity contribution in [3.05, 3.63) is 253 Å². The molecule has 62 heavy (non-hydrogen) atoms. The highest BCUT2D eigenvalue weighted by Gasteiger charge is 2.46. The van der Waals surface area contributed by atoms with Crippen molar-refractivity contribution >= 4 is 21.8 Å². The van der Waals surface area contributed by atoms with Gasteiger partial charge in [0.25, 0.3) is 0 Å². The van der Waals surface area contributed by atoms with E-state index in [9.17, 15) is 0 Å². The second kappa shape index (κ2) is 14.5. The molecular formula is C58H38N4. The number of hydrogen-bond acceptors (Lipinski definition) is 3. The summed E-state index contributed by atoms with van der Waals surface area (Å²) < 4.78 is 2.24. The molecule has 0 unspecified atom stereocenters. The Kier molecular flexibility index (Phi) is 8.36. The highest BCUT2D eigenvalue weighted by Crippen LogP contribution is 2.56. The molecule has 1 aliphatic rings. The van der Waals surface area contributed by atoms with E-state index in [-0.39, 0.29) is 0 Å². The lowest BCUT2D eigenvalue weighted by Gasteiger charge is -2.34. The first kappa shape index (κ1) is 35.7. The van der Waals surface area contributed by atoms with E-state index < -0.39 is 5.41 Å². The average Bonchev–Trinajstić information content (AvgIpc) is 3.85. The summed E-state index contributed by atoms with van der Waals surface area (Å²) in [7, 11) is 0. The van der Waals surface area contributed by atoms with E-state index in [4.69, 9.17) is 15.0 Å². The van der Waals surface area contributed by atoms with E-state index in [1.807, 2.05) is 36.4 Å². The SMILES string of the molecule is c1ccc(-c2ccc3c4ccc(-c5ccc6c(c5)C(c5ccccc5)(c5ccccc5)c5ccccc5-6)cc4n(-c4nc(-c5ccccc5)nc(-c5ccccc5)n4)c3c2)cc1. The Morgan fingerprint density at radius 1 is 0.306 bits per heavy atom. The number of hydrogen-bond donors (Lipinski definition) is 0. The van der Waals surface area contributed by atoms with Crippen LogP contribution in [0.3, 0.4) is 0 Å². The zero-order valence-electron chi connectivity index (χ0n) is 33.7. The van der Waals surface area contributed by atoms with Gasteiger partial charge in [-0.25, -0.2) is 4.98 Å².